The summed E-state index contributed by atoms with van der Waals surface area (Å²) in [6.07, 6.45) is 9.93. The van der Waals surface area contributed by atoms with E-state index in [1.807, 2.05) is 18.2 Å². The molecule has 168 valence electrons. The zero-order valence-corrected chi connectivity index (χ0v) is 18.3. The van der Waals surface area contributed by atoms with Crippen molar-refractivity contribution in [1.82, 2.24) is 5.32 Å². The van der Waals surface area contributed by atoms with Crippen LogP contribution < -0.4 is 5.32 Å². The van der Waals surface area contributed by atoms with Crippen LogP contribution in [0.5, 0.6) is 0 Å². The maximum absolute atomic E-state index is 10.6. The molecule has 2 fully saturated rings. The number of aliphatic carboxylic acids is 1. The van der Waals surface area contributed by atoms with Gasteiger partial charge in [-0.3, -0.25) is 4.79 Å². The highest BCUT2D eigenvalue weighted by Gasteiger charge is 2.50. The van der Waals surface area contributed by atoms with Gasteiger partial charge in [-0.25, -0.2) is 0 Å². The molecule has 0 aliphatic carbocycles. The Balaban J connectivity index is 1.38. The van der Waals surface area contributed by atoms with Crippen LogP contribution in [0.2, 0.25) is 0 Å². The van der Waals surface area contributed by atoms with Gasteiger partial charge in [0.1, 0.15) is 0 Å². The number of aliphatic hydroxyl groups is 1. The lowest BCUT2D eigenvalue weighted by Gasteiger charge is -2.33. The number of nitrogens with one attached hydrogen (secondary N) is 1. The minimum atomic E-state index is -0.692. The number of carbonyl (C=O) groups is 1. The Labute approximate surface area is 181 Å². The molecule has 5 nitrogen and oxygen atoms in total. The second-order valence-corrected chi connectivity index (χ2v) is 9.25. The molecule has 0 spiro atoms. The number of carboxylic acids is 1. The van der Waals surface area contributed by atoms with Gasteiger partial charge >= 0.3 is 5.97 Å². The Morgan fingerprint density at radius 1 is 1.13 bits per heavy atom. The minimum absolute atomic E-state index is 0.285. The molecule has 0 amide bonds. The molecule has 0 aromatic heterocycles. The van der Waals surface area contributed by atoms with Crippen molar-refractivity contribution in [2.45, 2.75) is 95.5 Å². The minimum Gasteiger partial charge on any atom is -0.481 e. The van der Waals surface area contributed by atoms with Crippen LogP contribution in [-0.4, -0.2) is 47.1 Å². The van der Waals surface area contributed by atoms with Crippen molar-refractivity contribution in [1.29, 1.82) is 0 Å². The van der Waals surface area contributed by atoms with Crippen molar-refractivity contribution in [2.24, 2.45) is 11.8 Å². The molecule has 3 rings (SSSR count). The molecule has 2 aliphatic heterocycles. The summed E-state index contributed by atoms with van der Waals surface area (Å²) >= 11 is 0. The number of unbranched alkanes of at least 4 members (excludes halogenated alkanes) is 3. The molecule has 2 heterocycles. The number of benzene rings is 1. The average Bonchev–Trinajstić information content (AvgIpc) is 3.35. The highest BCUT2D eigenvalue weighted by atomic mass is 16.5. The molecule has 2 bridgehead atoms. The van der Waals surface area contributed by atoms with E-state index in [0.29, 0.717) is 36.6 Å². The zero-order valence-electron chi connectivity index (χ0n) is 18.3. The fourth-order valence-electron chi connectivity index (χ4n) is 5.43. The SMILES string of the molecule is CC(NCC(O)CCc1ccccc1)C1C2CCC(O2)C1CCCCCCC(=O)O. The van der Waals surface area contributed by atoms with Gasteiger partial charge < -0.3 is 20.3 Å². The topological polar surface area (TPSA) is 78.8 Å². The van der Waals surface area contributed by atoms with Gasteiger partial charge in [0.25, 0.3) is 0 Å². The molecule has 2 aliphatic rings. The van der Waals surface area contributed by atoms with E-state index in [2.05, 4.69) is 24.4 Å². The van der Waals surface area contributed by atoms with Gasteiger partial charge in [-0.1, -0.05) is 49.6 Å². The van der Waals surface area contributed by atoms with Crippen molar-refractivity contribution < 1.29 is 19.7 Å². The highest BCUT2D eigenvalue weighted by Crippen LogP contribution is 2.47. The molecule has 6 unspecified atom stereocenters. The Kier molecular flexibility index (Phi) is 9.16. The smallest absolute Gasteiger partial charge is 0.303 e. The van der Waals surface area contributed by atoms with Crippen LogP contribution in [0.3, 0.4) is 0 Å². The van der Waals surface area contributed by atoms with Crippen molar-refractivity contribution >= 4 is 5.97 Å². The van der Waals surface area contributed by atoms with Gasteiger partial charge in [-0.2, -0.15) is 0 Å². The van der Waals surface area contributed by atoms with Crippen LogP contribution in [0.1, 0.15) is 70.3 Å². The largest absolute Gasteiger partial charge is 0.481 e. The maximum atomic E-state index is 10.6. The van der Waals surface area contributed by atoms with Gasteiger partial charge in [-0.15, -0.1) is 0 Å². The van der Waals surface area contributed by atoms with Crippen LogP contribution in [0.15, 0.2) is 30.3 Å². The second kappa shape index (κ2) is 11.8. The van der Waals surface area contributed by atoms with E-state index < -0.39 is 5.97 Å². The summed E-state index contributed by atoms with van der Waals surface area (Å²) in [6.45, 7) is 2.88. The zero-order chi connectivity index (χ0) is 21.3. The molecule has 1 aromatic carbocycles. The lowest BCUT2D eigenvalue weighted by molar-refractivity contribution is -0.137. The van der Waals surface area contributed by atoms with Gasteiger partial charge in [0, 0.05) is 24.9 Å². The van der Waals surface area contributed by atoms with E-state index >= 15 is 0 Å². The predicted molar refractivity (Wildman–Crippen MR) is 118 cm³/mol. The number of carboxylic acid groups (broad SMARTS) is 1. The van der Waals surface area contributed by atoms with E-state index in [1.165, 1.54) is 18.4 Å². The molecule has 5 heteroatoms. The van der Waals surface area contributed by atoms with Crippen LogP contribution >= 0.6 is 0 Å². The van der Waals surface area contributed by atoms with Crippen LogP contribution in [0, 0.1) is 11.8 Å². The number of hydrogen-bond acceptors (Lipinski definition) is 4. The molecule has 0 saturated carbocycles. The molecule has 2 saturated heterocycles. The quantitative estimate of drug-likeness (QED) is 0.396. The first-order chi connectivity index (χ1) is 14.5. The third-order valence-electron chi connectivity index (χ3n) is 7.03. The fourth-order valence-corrected chi connectivity index (χ4v) is 5.43. The fraction of sp³-hybridized carbons (Fsp3) is 0.720. The van der Waals surface area contributed by atoms with Crippen molar-refractivity contribution in [2.75, 3.05) is 6.54 Å². The summed E-state index contributed by atoms with van der Waals surface area (Å²) in [5, 5.41) is 22.8. The first kappa shape index (κ1) is 23.2. The summed E-state index contributed by atoms with van der Waals surface area (Å²) in [5.41, 5.74) is 1.27. The molecular formula is C25H39NO4. The standard InChI is InChI=1S/C25H39NO4/c1-18(26-17-20(27)14-13-19-9-5-4-6-10-19)25-21(22-15-16-23(25)30-22)11-7-2-3-8-12-24(28)29/h4-6,9-10,18,20-23,25-27H,2-3,7-8,11-17H2,1H3,(H,28,29). The third kappa shape index (κ3) is 6.79. The van der Waals surface area contributed by atoms with E-state index in [9.17, 15) is 9.90 Å². The van der Waals surface area contributed by atoms with Crippen LogP contribution in [0.4, 0.5) is 0 Å². The molecular weight excluding hydrogens is 378 g/mol. The summed E-state index contributed by atoms with van der Waals surface area (Å²) in [7, 11) is 0. The highest BCUT2D eigenvalue weighted by molar-refractivity contribution is 5.66. The predicted octanol–water partition coefficient (Wildman–Crippen LogP) is 4.18. The molecule has 30 heavy (non-hydrogen) atoms. The summed E-state index contributed by atoms with van der Waals surface area (Å²) in [4.78, 5) is 10.6. The molecule has 6 atom stereocenters. The number of fused-ring (bicyclic) bond motifs is 2. The first-order valence-corrected chi connectivity index (χ1v) is 11.9. The normalized spacial score (nSPS) is 27.3. The summed E-state index contributed by atoms with van der Waals surface area (Å²) < 4.78 is 6.26. The Morgan fingerprint density at radius 2 is 1.87 bits per heavy atom. The van der Waals surface area contributed by atoms with Crippen molar-refractivity contribution in [3.63, 3.8) is 0 Å². The Morgan fingerprint density at radius 3 is 2.63 bits per heavy atom. The van der Waals surface area contributed by atoms with Gasteiger partial charge in [0.05, 0.1) is 18.3 Å². The van der Waals surface area contributed by atoms with Gasteiger partial charge in [0.15, 0.2) is 0 Å². The van der Waals surface area contributed by atoms with E-state index in [-0.39, 0.29) is 12.5 Å². The van der Waals surface area contributed by atoms with E-state index in [0.717, 1.165) is 44.9 Å². The lowest BCUT2D eigenvalue weighted by Crippen LogP contribution is -2.45. The van der Waals surface area contributed by atoms with Crippen molar-refractivity contribution in [3.05, 3.63) is 35.9 Å². The number of aliphatic hydroxyl groups excluding tert-OH is 1. The summed E-state index contributed by atoms with van der Waals surface area (Å²) in [5.74, 6) is 0.415. The Bertz CT molecular complexity index is 637. The van der Waals surface area contributed by atoms with Gasteiger partial charge in [-0.05, 0) is 56.9 Å². The molecule has 1 aromatic rings. The number of hydrogen-bond donors (Lipinski definition) is 3. The lowest BCUT2D eigenvalue weighted by atomic mass is 9.73. The van der Waals surface area contributed by atoms with Gasteiger partial charge in [0.2, 0.25) is 0 Å². The van der Waals surface area contributed by atoms with Crippen molar-refractivity contribution in [3.8, 4) is 0 Å². The monoisotopic (exact) mass is 417 g/mol. The van der Waals surface area contributed by atoms with Crippen LogP contribution in [-0.2, 0) is 16.0 Å². The van der Waals surface area contributed by atoms with Crippen LogP contribution in [0.25, 0.3) is 0 Å². The Hall–Kier alpha value is -1.43. The van der Waals surface area contributed by atoms with E-state index in [4.69, 9.17) is 9.84 Å². The summed E-state index contributed by atoms with van der Waals surface area (Å²) in [6, 6.07) is 10.7. The number of ether oxygens (including phenoxy) is 1. The van der Waals surface area contributed by atoms with E-state index in [1.54, 1.807) is 0 Å². The maximum Gasteiger partial charge on any atom is 0.303 e. The second-order valence-electron chi connectivity index (χ2n) is 9.25. The average molecular weight is 418 g/mol. The third-order valence-corrected chi connectivity index (χ3v) is 7.03. The molecule has 3 N–H and O–H groups in total. The molecule has 0 radical (unpaired) electrons. The number of rotatable bonds is 14. The first-order valence-electron chi connectivity index (χ1n) is 11.9. The number of aryl methyl sites for hydroxylation is 1.